The molecular weight excluding hydrogens is 264 g/mol. The molecule has 0 radical (unpaired) electrons. The number of hydrogen-bond acceptors (Lipinski definition) is 0. The van der Waals surface area contributed by atoms with E-state index in [2.05, 4.69) is 52.0 Å². The third-order valence-electron chi connectivity index (χ3n) is 3.26. The van der Waals surface area contributed by atoms with E-state index < -0.39 is 0 Å². The third-order valence-corrected chi connectivity index (χ3v) is 3.26. The van der Waals surface area contributed by atoms with Crippen molar-refractivity contribution in [3.8, 4) is 0 Å². The maximum Gasteiger partial charge on any atom is -0.0276 e. The fourth-order valence-corrected chi connectivity index (χ4v) is 1.68. The van der Waals surface area contributed by atoms with Crippen molar-refractivity contribution in [3.63, 3.8) is 0 Å². The predicted octanol–water partition coefficient (Wildman–Crippen LogP) is 8.01. The van der Waals surface area contributed by atoms with Gasteiger partial charge in [-0.25, -0.2) is 0 Å². The molecule has 0 unspecified atom stereocenters. The lowest BCUT2D eigenvalue weighted by atomic mass is 9.92. The minimum absolute atomic E-state index is 1.30. The highest BCUT2D eigenvalue weighted by Gasteiger charge is 2.05. The van der Waals surface area contributed by atoms with Crippen LogP contribution in [0.4, 0.5) is 0 Å². The van der Waals surface area contributed by atoms with Gasteiger partial charge in [0.2, 0.25) is 0 Å². The standard InChI is InChI=1S/C10H12.C6H12.3C2H6/c1-2-6-10-8-4-3-7-9(10)5-1;1-5(2)6(3)4;3*1-2/h1-2,5-6H,3-4,7-8H2;1-4H3;3*1-2H3. The lowest BCUT2D eigenvalue weighted by Gasteiger charge is -2.13. The zero-order valence-corrected chi connectivity index (χ0v) is 17.1. The first-order chi connectivity index (χ1) is 10.6. The van der Waals surface area contributed by atoms with E-state index in [4.69, 9.17) is 0 Å². The van der Waals surface area contributed by atoms with Gasteiger partial charge >= 0.3 is 0 Å². The first-order valence-electron chi connectivity index (χ1n) is 9.28. The van der Waals surface area contributed by atoms with Crippen LogP contribution in [0.2, 0.25) is 0 Å². The van der Waals surface area contributed by atoms with Gasteiger partial charge in [0.25, 0.3) is 0 Å². The highest BCUT2D eigenvalue weighted by molar-refractivity contribution is 5.28. The van der Waals surface area contributed by atoms with Gasteiger partial charge in [0.1, 0.15) is 0 Å². The van der Waals surface area contributed by atoms with Crippen molar-refractivity contribution in [1.29, 1.82) is 0 Å². The molecule has 0 fully saturated rings. The van der Waals surface area contributed by atoms with E-state index in [1.165, 1.54) is 36.8 Å². The maximum atomic E-state index is 2.26. The Morgan fingerprint density at radius 3 is 1.09 bits per heavy atom. The Balaban J connectivity index is -0.000000262. The molecule has 0 heterocycles. The zero-order chi connectivity index (χ0) is 18.0. The van der Waals surface area contributed by atoms with Crippen molar-refractivity contribution >= 4 is 0 Å². The van der Waals surface area contributed by atoms with Crippen molar-refractivity contribution in [2.45, 2.75) is 94.9 Å². The summed E-state index contributed by atoms with van der Waals surface area (Å²) in [7, 11) is 0. The molecule has 0 spiro atoms. The van der Waals surface area contributed by atoms with Crippen LogP contribution < -0.4 is 0 Å². The molecule has 130 valence electrons. The summed E-state index contributed by atoms with van der Waals surface area (Å²) < 4.78 is 0. The molecule has 0 heteroatoms. The summed E-state index contributed by atoms with van der Waals surface area (Å²) in [5.41, 5.74) is 6.01. The van der Waals surface area contributed by atoms with Crippen LogP contribution in [0.15, 0.2) is 35.4 Å². The zero-order valence-electron chi connectivity index (χ0n) is 17.1. The van der Waals surface area contributed by atoms with Crippen molar-refractivity contribution in [2.24, 2.45) is 0 Å². The summed E-state index contributed by atoms with van der Waals surface area (Å²) in [6.07, 6.45) is 5.38. The number of hydrogen-bond donors (Lipinski definition) is 0. The van der Waals surface area contributed by atoms with Crippen LogP contribution in [0.1, 0.15) is 93.2 Å². The minimum atomic E-state index is 1.30. The van der Waals surface area contributed by atoms with Gasteiger partial charge in [0, 0.05) is 0 Å². The van der Waals surface area contributed by atoms with Crippen LogP contribution in [0.5, 0.6) is 0 Å². The Morgan fingerprint density at radius 2 is 0.864 bits per heavy atom. The predicted molar refractivity (Wildman–Crippen MR) is 107 cm³/mol. The van der Waals surface area contributed by atoms with E-state index in [0.717, 1.165) is 0 Å². The lowest BCUT2D eigenvalue weighted by Crippen LogP contribution is -2.00. The Kier molecular flexibility index (Phi) is 23.5. The molecule has 0 bridgehead atoms. The Hall–Kier alpha value is -1.04. The van der Waals surface area contributed by atoms with Crippen LogP contribution in [0.25, 0.3) is 0 Å². The highest BCUT2D eigenvalue weighted by Crippen LogP contribution is 2.19. The van der Waals surface area contributed by atoms with Gasteiger partial charge in [0.05, 0.1) is 0 Å². The second-order valence-corrected chi connectivity index (χ2v) is 4.98. The summed E-state index contributed by atoms with van der Waals surface area (Å²) in [4.78, 5) is 0. The number of benzene rings is 1. The largest absolute Gasteiger partial charge is 0.0778 e. The van der Waals surface area contributed by atoms with Gasteiger partial charge in [0.15, 0.2) is 0 Å². The quantitative estimate of drug-likeness (QED) is 0.426. The monoisotopic (exact) mass is 306 g/mol. The fourth-order valence-electron chi connectivity index (χ4n) is 1.68. The van der Waals surface area contributed by atoms with Gasteiger partial charge < -0.3 is 0 Å². The van der Waals surface area contributed by atoms with Gasteiger partial charge in [-0.1, -0.05) is 77.0 Å². The smallest absolute Gasteiger partial charge is 0.0276 e. The van der Waals surface area contributed by atoms with Crippen LogP contribution >= 0.6 is 0 Å². The van der Waals surface area contributed by atoms with Crippen LogP contribution in [0.3, 0.4) is 0 Å². The third kappa shape index (κ3) is 13.9. The van der Waals surface area contributed by atoms with Crippen LogP contribution in [-0.2, 0) is 12.8 Å². The highest BCUT2D eigenvalue weighted by atomic mass is 14.1. The molecule has 0 nitrogen and oxygen atoms in total. The Bertz CT molecular complexity index is 315. The van der Waals surface area contributed by atoms with Gasteiger partial charge in [-0.15, -0.1) is 0 Å². The number of fused-ring (bicyclic) bond motifs is 1. The summed E-state index contributed by atoms with van der Waals surface area (Å²) in [6.45, 7) is 20.5. The molecule has 1 aliphatic rings. The van der Waals surface area contributed by atoms with Crippen molar-refractivity contribution in [3.05, 3.63) is 46.5 Å². The maximum absolute atomic E-state index is 2.26. The lowest BCUT2D eigenvalue weighted by molar-refractivity contribution is 0.685. The molecule has 0 N–H and O–H groups in total. The van der Waals surface area contributed by atoms with E-state index in [0.29, 0.717) is 0 Å². The van der Waals surface area contributed by atoms with Gasteiger partial charge in [-0.05, 0) is 64.5 Å². The van der Waals surface area contributed by atoms with Crippen molar-refractivity contribution in [2.75, 3.05) is 0 Å². The summed E-state index contributed by atoms with van der Waals surface area (Å²) >= 11 is 0. The number of aryl methyl sites for hydroxylation is 2. The molecule has 1 aromatic carbocycles. The molecule has 22 heavy (non-hydrogen) atoms. The second kappa shape index (κ2) is 20.0. The molecule has 1 aromatic rings. The first kappa shape index (κ1) is 25.9. The fraction of sp³-hybridized carbons (Fsp3) is 0.636. The normalized spacial score (nSPS) is 10.5. The molecule has 0 saturated heterocycles. The Morgan fingerprint density at radius 1 is 0.591 bits per heavy atom. The topological polar surface area (TPSA) is 0 Å². The molecule has 0 aromatic heterocycles. The van der Waals surface area contributed by atoms with E-state index in [1.807, 2.05) is 41.5 Å². The molecule has 0 atom stereocenters. The average Bonchev–Trinajstić information content (AvgIpc) is 2.61. The average molecular weight is 307 g/mol. The van der Waals surface area contributed by atoms with Crippen LogP contribution in [0, 0.1) is 0 Å². The molecular formula is C22H42. The SMILES string of the molecule is CC.CC.CC.CC(C)=C(C)C.c1ccc2c(c1)CCCC2. The van der Waals surface area contributed by atoms with Crippen molar-refractivity contribution in [1.82, 2.24) is 0 Å². The van der Waals surface area contributed by atoms with E-state index in [1.54, 1.807) is 11.1 Å². The summed E-state index contributed by atoms with van der Waals surface area (Å²) in [5, 5.41) is 0. The number of rotatable bonds is 0. The molecule has 2 rings (SSSR count). The first-order valence-corrected chi connectivity index (χ1v) is 9.28. The Labute approximate surface area is 142 Å². The molecule has 1 aliphatic carbocycles. The molecule has 0 aliphatic heterocycles. The van der Waals surface area contributed by atoms with Gasteiger partial charge in [-0.2, -0.15) is 0 Å². The molecule has 0 amide bonds. The van der Waals surface area contributed by atoms with E-state index in [9.17, 15) is 0 Å². The second-order valence-electron chi connectivity index (χ2n) is 4.98. The minimum Gasteiger partial charge on any atom is -0.0778 e. The van der Waals surface area contributed by atoms with Crippen LogP contribution in [-0.4, -0.2) is 0 Å². The van der Waals surface area contributed by atoms with Gasteiger partial charge in [-0.3, -0.25) is 0 Å². The van der Waals surface area contributed by atoms with E-state index in [-0.39, 0.29) is 0 Å². The number of allylic oxidation sites excluding steroid dienone is 2. The molecule has 0 saturated carbocycles. The van der Waals surface area contributed by atoms with E-state index >= 15 is 0 Å². The van der Waals surface area contributed by atoms with Crippen molar-refractivity contribution < 1.29 is 0 Å². The summed E-state index contributed by atoms with van der Waals surface area (Å²) in [5.74, 6) is 0. The summed E-state index contributed by atoms with van der Waals surface area (Å²) in [6, 6.07) is 8.80.